The zero-order chi connectivity index (χ0) is 21.5. The van der Waals surface area contributed by atoms with E-state index >= 15 is 0 Å². The first-order valence-electron chi connectivity index (χ1n) is 9.69. The summed E-state index contributed by atoms with van der Waals surface area (Å²) in [7, 11) is 5.05. The maximum absolute atomic E-state index is 12.5. The van der Waals surface area contributed by atoms with E-state index in [2.05, 4.69) is 5.32 Å². The van der Waals surface area contributed by atoms with E-state index in [9.17, 15) is 9.59 Å². The third-order valence-corrected chi connectivity index (χ3v) is 4.62. The lowest BCUT2D eigenvalue weighted by molar-refractivity contribution is -0.131. The van der Waals surface area contributed by atoms with Gasteiger partial charge in [0.1, 0.15) is 19.0 Å². The van der Waals surface area contributed by atoms with E-state index in [1.54, 1.807) is 55.3 Å². The summed E-state index contributed by atoms with van der Waals surface area (Å²) in [5, 5.41) is 2.81. The normalized spacial score (nSPS) is 12.4. The van der Waals surface area contributed by atoms with Crippen LogP contribution in [-0.2, 0) is 16.1 Å². The van der Waals surface area contributed by atoms with Gasteiger partial charge in [-0.3, -0.25) is 14.5 Å². The summed E-state index contributed by atoms with van der Waals surface area (Å²) >= 11 is 0. The Morgan fingerprint density at radius 1 is 1.03 bits per heavy atom. The quantitative estimate of drug-likeness (QED) is 0.713. The van der Waals surface area contributed by atoms with Crippen LogP contribution in [0.2, 0.25) is 0 Å². The number of nitrogens with zero attached hydrogens (tertiary/aromatic N) is 2. The van der Waals surface area contributed by atoms with Crippen LogP contribution in [-0.4, -0.2) is 69.1 Å². The number of hydrogen-bond donors (Lipinski definition) is 1. The van der Waals surface area contributed by atoms with Crippen molar-refractivity contribution in [3.8, 4) is 17.2 Å². The SMILES string of the molecule is COc1cccc(NC(=O)CN(C)CC(=O)N(C)Cc2ccc3c(c2)OCCO3)c1. The number of ether oxygens (including phenoxy) is 3. The Labute approximate surface area is 176 Å². The highest BCUT2D eigenvalue weighted by atomic mass is 16.6. The zero-order valence-electron chi connectivity index (χ0n) is 17.5. The Morgan fingerprint density at radius 3 is 2.57 bits per heavy atom. The van der Waals surface area contributed by atoms with E-state index in [-0.39, 0.29) is 24.9 Å². The highest BCUT2D eigenvalue weighted by Gasteiger charge is 2.17. The molecule has 0 spiro atoms. The molecule has 2 aromatic carbocycles. The van der Waals surface area contributed by atoms with E-state index in [0.29, 0.717) is 36.9 Å². The second-order valence-electron chi connectivity index (χ2n) is 7.18. The van der Waals surface area contributed by atoms with Gasteiger partial charge in [0.25, 0.3) is 0 Å². The molecule has 0 unspecified atom stereocenters. The van der Waals surface area contributed by atoms with Crippen LogP contribution in [0.4, 0.5) is 5.69 Å². The second-order valence-corrected chi connectivity index (χ2v) is 7.18. The predicted molar refractivity (Wildman–Crippen MR) is 113 cm³/mol. The minimum absolute atomic E-state index is 0.0819. The molecule has 0 aromatic heterocycles. The predicted octanol–water partition coefficient (Wildman–Crippen LogP) is 2.00. The Morgan fingerprint density at radius 2 is 1.80 bits per heavy atom. The second kappa shape index (κ2) is 9.98. The standard InChI is InChI=1S/C22H27N3O5/c1-24(14-21(26)23-17-5-4-6-18(12-17)28-3)15-22(27)25(2)13-16-7-8-19-20(11-16)30-10-9-29-19/h4-8,11-12H,9-10,13-15H2,1-3H3,(H,23,26). The van der Waals surface area contributed by atoms with Crippen molar-refractivity contribution in [3.05, 3.63) is 48.0 Å². The summed E-state index contributed by atoms with van der Waals surface area (Å²) < 4.78 is 16.3. The topological polar surface area (TPSA) is 80.3 Å². The van der Waals surface area contributed by atoms with Crippen molar-refractivity contribution >= 4 is 17.5 Å². The van der Waals surface area contributed by atoms with Gasteiger partial charge in [0.15, 0.2) is 11.5 Å². The highest BCUT2D eigenvalue weighted by molar-refractivity contribution is 5.92. The van der Waals surface area contributed by atoms with Crippen LogP contribution in [0.1, 0.15) is 5.56 Å². The van der Waals surface area contributed by atoms with Gasteiger partial charge in [0.2, 0.25) is 11.8 Å². The fourth-order valence-corrected chi connectivity index (χ4v) is 3.10. The zero-order valence-corrected chi connectivity index (χ0v) is 17.5. The largest absolute Gasteiger partial charge is 0.497 e. The number of amides is 2. The summed E-state index contributed by atoms with van der Waals surface area (Å²) in [5.74, 6) is 1.80. The Bertz CT molecular complexity index is 902. The number of carbonyl (C=O) groups is 2. The first kappa shape index (κ1) is 21.4. The van der Waals surface area contributed by atoms with Gasteiger partial charge in [0, 0.05) is 25.3 Å². The Hall–Kier alpha value is -3.26. The number of fused-ring (bicyclic) bond motifs is 1. The van der Waals surface area contributed by atoms with Gasteiger partial charge in [-0.25, -0.2) is 0 Å². The number of carbonyl (C=O) groups excluding carboxylic acids is 2. The van der Waals surface area contributed by atoms with E-state index in [1.165, 1.54) is 0 Å². The molecule has 8 heteroatoms. The van der Waals surface area contributed by atoms with Crippen molar-refractivity contribution in [2.75, 3.05) is 52.8 Å². The first-order valence-corrected chi connectivity index (χ1v) is 9.69. The first-order chi connectivity index (χ1) is 14.4. The number of anilines is 1. The molecule has 0 bridgehead atoms. The van der Waals surface area contributed by atoms with Crippen molar-refractivity contribution in [2.45, 2.75) is 6.54 Å². The molecule has 2 aromatic rings. The molecular weight excluding hydrogens is 386 g/mol. The maximum Gasteiger partial charge on any atom is 0.238 e. The lowest BCUT2D eigenvalue weighted by Gasteiger charge is -2.23. The Balaban J connectivity index is 1.47. The van der Waals surface area contributed by atoms with Crippen LogP contribution in [0.5, 0.6) is 17.2 Å². The van der Waals surface area contributed by atoms with Crippen LogP contribution >= 0.6 is 0 Å². The fourth-order valence-electron chi connectivity index (χ4n) is 3.10. The molecule has 1 aliphatic rings. The van der Waals surface area contributed by atoms with Crippen molar-refractivity contribution in [1.82, 2.24) is 9.80 Å². The van der Waals surface area contributed by atoms with E-state index in [1.807, 2.05) is 18.2 Å². The van der Waals surface area contributed by atoms with Crippen LogP contribution < -0.4 is 19.5 Å². The van der Waals surface area contributed by atoms with Gasteiger partial charge < -0.3 is 24.4 Å². The molecule has 2 amide bonds. The maximum atomic E-state index is 12.5. The van der Waals surface area contributed by atoms with Crippen LogP contribution in [0.3, 0.4) is 0 Å². The third-order valence-electron chi connectivity index (χ3n) is 4.62. The fraction of sp³-hybridized carbons (Fsp3) is 0.364. The summed E-state index contributed by atoms with van der Waals surface area (Å²) in [4.78, 5) is 28.1. The average Bonchev–Trinajstić information content (AvgIpc) is 2.73. The van der Waals surface area contributed by atoms with Gasteiger partial charge in [-0.1, -0.05) is 12.1 Å². The molecule has 1 heterocycles. The van der Waals surface area contributed by atoms with E-state index in [0.717, 1.165) is 11.3 Å². The minimum atomic E-state index is -0.201. The average molecular weight is 413 g/mol. The Kier molecular flexibility index (Phi) is 7.13. The molecule has 8 nitrogen and oxygen atoms in total. The number of rotatable bonds is 8. The lowest BCUT2D eigenvalue weighted by Crippen LogP contribution is -2.39. The van der Waals surface area contributed by atoms with Gasteiger partial charge >= 0.3 is 0 Å². The molecule has 0 aliphatic carbocycles. The highest BCUT2D eigenvalue weighted by Crippen LogP contribution is 2.31. The number of hydrogen-bond acceptors (Lipinski definition) is 6. The minimum Gasteiger partial charge on any atom is -0.497 e. The van der Waals surface area contributed by atoms with Crippen molar-refractivity contribution < 1.29 is 23.8 Å². The number of methoxy groups -OCH3 is 1. The number of nitrogens with one attached hydrogen (secondary N) is 1. The molecule has 0 radical (unpaired) electrons. The molecule has 1 aliphatic heterocycles. The third kappa shape index (κ3) is 5.87. The molecular formula is C22H27N3O5. The molecule has 30 heavy (non-hydrogen) atoms. The van der Waals surface area contributed by atoms with Gasteiger partial charge in [-0.05, 0) is 36.9 Å². The summed E-state index contributed by atoms with van der Waals surface area (Å²) in [6.07, 6.45) is 0. The van der Waals surface area contributed by atoms with E-state index < -0.39 is 0 Å². The molecule has 160 valence electrons. The molecule has 0 saturated heterocycles. The monoisotopic (exact) mass is 413 g/mol. The summed E-state index contributed by atoms with van der Waals surface area (Å²) in [5.41, 5.74) is 1.60. The van der Waals surface area contributed by atoms with Crippen molar-refractivity contribution in [1.29, 1.82) is 0 Å². The summed E-state index contributed by atoms with van der Waals surface area (Å²) in [6, 6.07) is 12.8. The van der Waals surface area contributed by atoms with Gasteiger partial charge in [-0.2, -0.15) is 0 Å². The van der Waals surface area contributed by atoms with E-state index in [4.69, 9.17) is 14.2 Å². The van der Waals surface area contributed by atoms with Crippen LogP contribution in [0.25, 0.3) is 0 Å². The molecule has 3 rings (SSSR count). The summed E-state index contributed by atoms with van der Waals surface area (Å²) in [6.45, 7) is 1.74. The molecule has 0 fully saturated rings. The van der Waals surface area contributed by atoms with Gasteiger partial charge in [-0.15, -0.1) is 0 Å². The molecule has 0 saturated carbocycles. The van der Waals surface area contributed by atoms with Crippen molar-refractivity contribution in [2.24, 2.45) is 0 Å². The van der Waals surface area contributed by atoms with Crippen molar-refractivity contribution in [3.63, 3.8) is 0 Å². The molecule has 0 atom stereocenters. The number of likely N-dealkylation sites (N-methyl/N-ethyl adjacent to an activating group) is 2. The lowest BCUT2D eigenvalue weighted by atomic mass is 10.2. The van der Waals surface area contributed by atoms with Crippen LogP contribution in [0, 0.1) is 0 Å². The smallest absolute Gasteiger partial charge is 0.238 e. The van der Waals surface area contributed by atoms with Crippen LogP contribution in [0.15, 0.2) is 42.5 Å². The molecule has 1 N–H and O–H groups in total. The number of benzene rings is 2. The van der Waals surface area contributed by atoms with Gasteiger partial charge in [0.05, 0.1) is 20.2 Å².